The Hall–Kier alpha value is -1.24. The van der Waals surface area contributed by atoms with Gasteiger partial charge < -0.3 is 5.32 Å². The fourth-order valence-electron chi connectivity index (χ4n) is 6.64. The summed E-state index contributed by atoms with van der Waals surface area (Å²) in [6.45, 7) is 0.840. The Morgan fingerprint density at radius 3 is 2.24 bits per heavy atom. The summed E-state index contributed by atoms with van der Waals surface area (Å²) in [7, 11) is 0. The van der Waals surface area contributed by atoms with Crippen molar-refractivity contribution in [3.05, 3.63) is 16.4 Å². The first-order valence-corrected chi connectivity index (χ1v) is 11.2. The van der Waals surface area contributed by atoms with Gasteiger partial charge in [-0.3, -0.25) is 9.48 Å². The molecule has 0 unspecified atom stereocenters. The number of hydrogen-bond acceptors (Lipinski definition) is 2. The number of nitrogens with zero attached hydrogens (tertiary/aromatic N) is 2. The highest BCUT2D eigenvalue weighted by Gasteiger charge is 2.50. The topological polar surface area (TPSA) is 46.9 Å². The Balaban J connectivity index is 1.20. The smallest absolute Gasteiger partial charge is 0.355 e. The molecule has 5 aliphatic carbocycles. The van der Waals surface area contributed by atoms with Crippen LogP contribution in [0.25, 0.3) is 0 Å². The molecule has 0 spiro atoms. The molecule has 1 N–H and O–H groups in total. The molecule has 1 aromatic rings. The van der Waals surface area contributed by atoms with E-state index in [1.165, 1.54) is 43.2 Å². The molecular weight excluding hydrogens is 403 g/mol. The summed E-state index contributed by atoms with van der Waals surface area (Å²) in [5.74, 6) is 2.40. The molecule has 1 aromatic heterocycles. The van der Waals surface area contributed by atoms with E-state index in [2.05, 4.69) is 10.4 Å². The van der Waals surface area contributed by atoms with Crippen molar-refractivity contribution in [1.82, 2.24) is 15.1 Å². The third-order valence-electron chi connectivity index (χ3n) is 7.54. The predicted molar refractivity (Wildman–Crippen MR) is 102 cm³/mol. The summed E-state index contributed by atoms with van der Waals surface area (Å²) in [5.41, 5.74) is -0.342. The Morgan fingerprint density at radius 2 is 1.72 bits per heavy atom. The van der Waals surface area contributed by atoms with Gasteiger partial charge in [-0.05, 0) is 74.5 Å². The first kappa shape index (κ1) is 19.7. The number of carbonyl (C=O) groups is 1. The molecule has 0 aromatic carbocycles. The Bertz CT molecular complexity index is 780. The van der Waals surface area contributed by atoms with Crippen LogP contribution < -0.4 is 5.32 Å². The van der Waals surface area contributed by atoms with E-state index in [9.17, 15) is 18.0 Å². The number of aromatic nitrogens is 2. The highest BCUT2D eigenvalue weighted by Crippen LogP contribution is 2.59. The Labute approximate surface area is 173 Å². The van der Waals surface area contributed by atoms with Gasteiger partial charge in [-0.1, -0.05) is 11.6 Å². The van der Waals surface area contributed by atoms with E-state index < -0.39 is 11.9 Å². The maximum absolute atomic E-state index is 13.2. The van der Waals surface area contributed by atoms with Crippen molar-refractivity contribution < 1.29 is 18.0 Å². The molecular formula is C21H27ClF3N3O. The fourth-order valence-corrected chi connectivity index (χ4v) is 7.04. The summed E-state index contributed by atoms with van der Waals surface area (Å²) in [5, 5.41) is 6.50. The number of halogens is 4. The zero-order valence-electron chi connectivity index (χ0n) is 16.4. The summed E-state index contributed by atoms with van der Waals surface area (Å²) in [4.78, 5) is 12.5. The highest BCUT2D eigenvalue weighted by atomic mass is 35.5. The second-order valence-corrected chi connectivity index (χ2v) is 10.4. The van der Waals surface area contributed by atoms with E-state index >= 15 is 0 Å². The van der Waals surface area contributed by atoms with E-state index in [1.54, 1.807) is 0 Å². The number of alkyl halides is 3. The average Bonchev–Trinajstić information content (AvgIpc) is 3.39. The van der Waals surface area contributed by atoms with Crippen LogP contribution in [0.2, 0.25) is 5.02 Å². The molecule has 1 heterocycles. The van der Waals surface area contributed by atoms with Crippen molar-refractivity contribution in [1.29, 1.82) is 0 Å². The lowest BCUT2D eigenvalue weighted by molar-refractivity contribution is -0.141. The average molecular weight is 430 g/mol. The van der Waals surface area contributed by atoms with Crippen molar-refractivity contribution >= 4 is 17.5 Å². The van der Waals surface area contributed by atoms with Crippen LogP contribution in [0.15, 0.2) is 0 Å². The van der Waals surface area contributed by atoms with Crippen LogP contribution in [-0.2, 0) is 17.5 Å². The minimum atomic E-state index is -4.58. The van der Waals surface area contributed by atoms with Gasteiger partial charge in [0.05, 0.1) is 17.3 Å². The fraction of sp³-hybridized carbons (Fsp3) is 0.810. The summed E-state index contributed by atoms with van der Waals surface area (Å²) in [6.07, 6.45) is 4.92. The van der Waals surface area contributed by atoms with Gasteiger partial charge in [0.1, 0.15) is 0 Å². The molecule has 0 saturated heterocycles. The van der Waals surface area contributed by atoms with Gasteiger partial charge in [-0.2, -0.15) is 18.3 Å². The second kappa shape index (κ2) is 6.89. The zero-order chi connectivity index (χ0) is 20.4. The largest absolute Gasteiger partial charge is 0.436 e. The normalized spacial score (nSPS) is 33.3. The van der Waals surface area contributed by atoms with Crippen LogP contribution in [-0.4, -0.2) is 22.2 Å². The van der Waals surface area contributed by atoms with Gasteiger partial charge in [0.15, 0.2) is 5.69 Å². The van der Waals surface area contributed by atoms with Gasteiger partial charge >= 0.3 is 6.18 Å². The maximum Gasteiger partial charge on any atom is 0.436 e. The van der Waals surface area contributed by atoms with E-state index in [1.807, 2.05) is 0 Å². The van der Waals surface area contributed by atoms with E-state index in [0.717, 1.165) is 30.6 Å². The van der Waals surface area contributed by atoms with Gasteiger partial charge in [0, 0.05) is 18.9 Å². The number of hydrogen-bond donors (Lipinski definition) is 1. The first-order valence-electron chi connectivity index (χ1n) is 10.8. The summed E-state index contributed by atoms with van der Waals surface area (Å²) in [6, 6.07) is 0. The molecule has 0 radical (unpaired) electrons. The Morgan fingerprint density at radius 1 is 1.14 bits per heavy atom. The van der Waals surface area contributed by atoms with E-state index in [-0.39, 0.29) is 35.2 Å². The van der Waals surface area contributed by atoms with E-state index in [0.29, 0.717) is 12.2 Å². The van der Waals surface area contributed by atoms with Crippen molar-refractivity contribution in [3.63, 3.8) is 0 Å². The molecule has 0 atom stereocenters. The summed E-state index contributed by atoms with van der Waals surface area (Å²) < 4.78 is 40.8. The minimum Gasteiger partial charge on any atom is -0.355 e. The molecule has 0 aliphatic heterocycles. The van der Waals surface area contributed by atoms with Crippen LogP contribution in [0.1, 0.15) is 75.1 Å². The van der Waals surface area contributed by atoms with Crippen molar-refractivity contribution in [2.24, 2.45) is 23.2 Å². The number of nitrogens with one attached hydrogen (secondary N) is 1. The molecule has 29 heavy (non-hydrogen) atoms. The van der Waals surface area contributed by atoms with Crippen LogP contribution >= 0.6 is 11.6 Å². The molecule has 4 bridgehead atoms. The number of aryl methyl sites for hydroxylation is 1. The van der Waals surface area contributed by atoms with Crippen molar-refractivity contribution in [2.45, 2.75) is 76.4 Å². The predicted octanol–water partition coefficient (Wildman–Crippen LogP) is 5.16. The van der Waals surface area contributed by atoms with Crippen LogP contribution in [0.3, 0.4) is 0 Å². The third-order valence-corrected chi connectivity index (χ3v) is 7.91. The van der Waals surface area contributed by atoms with E-state index in [4.69, 9.17) is 11.6 Å². The summed E-state index contributed by atoms with van der Waals surface area (Å²) >= 11 is 6.00. The van der Waals surface area contributed by atoms with Crippen molar-refractivity contribution in [3.8, 4) is 0 Å². The molecule has 4 nitrogen and oxygen atoms in total. The Kier molecular flexibility index (Phi) is 4.68. The lowest BCUT2D eigenvalue weighted by Gasteiger charge is -2.56. The van der Waals surface area contributed by atoms with Gasteiger partial charge in [0.25, 0.3) is 0 Å². The molecule has 5 saturated carbocycles. The molecule has 5 fully saturated rings. The molecule has 160 valence electrons. The standard InChI is InChI=1S/C21H27ClF3N3O/c22-17-18(15-1-2-15)28(27-19(17)21(23,24)25)4-3-16(29)26-11-20-8-12-5-13(9-20)7-14(6-12)10-20/h12-15H,1-11H2,(H,26,29). The van der Waals surface area contributed by atoms with Crippen LogP contribution in [0.5, 0.6) is 0 Å². The number of amides is 1. The van der Waals surface area contributed by atoms with Gasteiger partial charge in [-0.25, -0.2) is 0 Å². The highest BCUT2D eigenvalue weighted by molar-refractivity contribution is 6.32. The molecule has 1 amide bonds. The lowest BCUT2D eigenvalue weighted by Crippen LogP contribution is -2.51. The first-order chi connectivity index (χ1) is 13.7. The monoisotopic (exact) mass is 429 g/mol. The third kappa shape index (κ3) is 3.79. The van der Waals surface area contributed by atoms with Gasteiger partial charge in [0.2, 0.25) is 5.91 Å². The number of carbonyl (C=O) groups excluding carboxylic acids is 1. The quantitative estimate of drug-likeness (QED) is 0.679. The molecule has 8 heteroatoms. The SMILES string of the molecule is O=C(CCn1nc(C(F)(F)F)c(Cl)c1C1CC1)NCC12CC3CC(CC(C3)C1)C2. The van der Waals surface area contributed by atoms with Crippen LogP contribution in [0.4, 0.5) is 13.2 Å². The molecule has 5 aliphatic rings. The molecule has 6 rings (SSSR count). The maximum atomic E-state index is 13.2. The zero-order valence-corrected chi connectivity index (χ0v) is 17.2. The van der Waals surface area contributed by atoms with Gasteiger partial charge in [-0.15, -0.1) is 0 Å². The number of rotatable bonds is 6. The minimum absolute atomic E-state index is 0.0289. The second-order valence-electron chi connectivity index (χ2n) is 9.99. The van der Waals surface area contributed by atoms with Crippen molar-refractivity contribution in [2.75, 3.05) is 6.54 Å². The van der Waals surface area contributed by atoms with Crippen LogP contribution in [0, 0.1) is 23.2 Å². The lowest BCUT2D eigenvalue weighted by atomic mass is 9.49.